The van der Waals surface area contributed by atoms with Gasteiger partial charge in [-0.25, -0.2) is 4.79 Å². The molecule has 0 aliphatic rings. The van der Waals surface area contributed by atoms with Gasteiger partial charge < -0.3 is 4.74 Å². The molecule has 0 atom stereocenters. The number of carbonyl (C=O) groups is 2. The predicted molar refractivity (Wildman–Crippen MR) is 98.7 cm³/mol. The van der Waals surface area contributed by atoms with Crippen LogP contribution in [0.1, 0.15) is 27.1 Å². The van der Waals surface area contributed by atoms with Crippen LogP contribution in [0.3, 0.4) is 0 Å². The lowest BCUT2D eigenvalue weighted by Crippen LogP contribution is -2.11. The van der Waals surface area contributed by atoms with E-state index in [9.17, 15) is 9.59 Å². The number of halogens is 2. The molecular formula is C19H15Cl2NO3. The predicted octanol–water partition coefficient (Wildman–Crippen LogP) is 5.01. The lowest BCUT2D eigenvalue weighted by atomic mass is 10.1. The highest BCUT2D eigenvalue weighted by atomic mass is 35.5. The summed E-state index contributed by atoms with van der Waals surface area (Å²) < 4.78 is 6.28. The van der Waals surface area contributed by atoms with E-state index in [2.05, 4.69) is 0 Å². The highest BCUT2D eigenvalue weighted by molar-refractivity contribution is 6.36. The van der Waals surface area contributed by atoms with Gasteiger partial charge in [-0.15, -0.1) is 0 Å². The summed E-state index contributed by atoms with van der Waals surface area (Å²) in [5.41, 5.74) is 1.77. The molecule has 0 saturated heterocycles. The van der Waals surface area contributed by atoms with Gasteiger partial charge in [-0.2, -0.15) is 0 Å². The second-order valence-corrected chi connectivity index (χ2v) is 6.33. The number of para-hydroxylation sites is 1. The number of ether oxygens (including phenoxy) is 1. The van der Waals surface area contributed by atoms with Crippen LogP contribution in [0.2, 0.25) is 10.0 Å². The summed E-state index contributed by atoms with van der Waals surface area (Å²) in [6.45, 7) is 0. The Morgan fingerprint density at radius 2 is 1.72 bits per heavy atom. The maximum Gasteiger partial charge on any atom is 0.340 e. The van der Waals surface area contributed by atoms with E-state index in [1.54, 1.807) is 30.3 Å². The van der Waals surface area contributed by atoms with Crippen molar-refractivity contribution in [2.75, 3.05) is 7.11 Å². The molecule has 2 aromatic carbocycles. The number of hydrogen-bond donors (Lipinski definition) is 0. The van der Waals surface area contributed by atoms with Gasteiger partial charge in [-0.1, -0.05) is 47.5 Å². The molecule has 25 heavy (non-hydrogen) atoms. The number of hydrogen-bond acceptors (Lipinski definition) is 3. The highest BCUT2D eigenvalue weighted by Crippen LogP contribution is 2.27. The van der Waals surface area contributed by atoms with Crippen molar-refractivity contribution < 1.29 is 14.3 Å². The third-order valence-electron chi connectivity index (χ3n) is 4.04. The van der Waals surface area contributed by atoms with Crippen LogP contribution in [0.4, 0.5) is 0 Å². The maximum absolute atomic E-state index is 12.7. The van der Waals surface area contributed by atoms with Crippen LogP contribution in [-0.4, -0.2) is 23.6 Å². The molecule has 128 valence electrons. The summed E-state index contributed by atoms with van der Waals surface area (Å²) in [6.07, 6.45) is 2.15. The van der Waals surface area contributed by atoms with Crippen LogP contribution >= 0.6 is 23.2 Å². The van der Waals surface area contributed by atoms with E-state index in [4.69, 9.17) is 27.9 Å². The number of aromatic nitrogens is 1. The maximum atomic E-state index is 12.7. The molecule has 0 N–H and O–H groups in total. The Balaban J connectivity index is 1.91. The Morgan fingerprint density at radius 3 is 2.40 bits per heavy atom. The van der Waals surface area contributed by atoms with Crippen molar-refractivity contribution in [2.24, 2.45) is 0 Å². The van der Waals surface area contributed by atoms with Crippen molar-refractivity contribution in [3.8, 4) is 0 Å². The second-order valence-electron chi connectivity index (χ2n) is 5.52. The van der Waals surface area contributed by atoms with Crippen LogP contribution in [0.15, 0.2) is 48.7 Å². The summed E-state index contributed by atoms with van der Waals surface area (Å²) in [7, 11) is 1.32. The van der Waals surface area contributed by atoms with E-state index in [0.717, 1.165) is 5.56 Å². The first-order valence-electron chi connectivity index (χ1n) is 7.67. The van der Waals surface area contributed by atoms with E-state index >= 15 is 0 Å². The van der Waals surface area contributed by atoms with E-state index in [0.29, 0.717) is 32.9 Å². The number of fused-ring (bicyclic) bond motifs is 1. The molecule has 0 aliphatic heterocycles. The molecule has 1 aromatic heterocycles. The Kier molecular flexibility index (Phi) is 5.11. The smallest absolute Gasteiger partial charge is 0.340 e. The average molecular weight is 376 g/mol. The number of benzene rings is 2. The largest absolute Gasteiger partial charge is 0.465 e. The molecule has 0 bridgehead atoms. The summed E-state index contributed by atoms with van der Waals surface area (Å²) in [5, 5.41) is 1.75. The number of carbonyl (C=O) groups excluding carboxylic acids is 2. The standard InChI is InChI=1S/C19H15Cl2NO3/c1-25-19(24)14-11-22(17-8-3-2-5-12(14)17)18(23)10-9-13-15(20)6-4-7-16(13)21/h2-8,11H,9-10H2,1H3. The molecule has 0 unspecified atom stereocenters. The van der Waals surface area contributed by atoms with E-state index < -0.39 is 5.97 Å². The number of esters is 1. The van der Waals surface area contributed by atoms with Gasteiger partial charge in [0.1, 0.15) is 0 Å². The first-order chi connectivity index (χ1) is 12.0. The van der Waals surface area contributed by atoms with Crippen molar-refractivity contribution in [3.05, 3.63) is 69.8 Å². The fraction of sp³-hybridized carbons (Fsp3) is 0.158. The van der Waals surface area contributed by atoms with Crippen LogP contribution in [0, 0.1) is 0 Å². The number of methoxy groups -OCH3 is 1. The first-order valence-corrected chi connectivity index (χ1v) is 8.43. The molecule has 0 saturated carbocycles. The molecule has 1 heterocycles. The molecule has 3 aromatic rings. The minimum Gasteiger partial charge on any atom is -0.465 e. The average Bonchev–Trinajstić information content (AvgIpc) is 3.00. The minimum absolute atomic E-state index is 0.151. The quantitative estimate of drug-likeness (QED) is 0.602. The van der Waals surface area contributed by atoms with E-state index in [1.165, 1.54) is 17.9 Å². The van der Waals surface area contributed by atoms with Gasteiger partial charge in [0.15, 0.2) is 0 Å². The van der Waals surface area contributed by atoms with Gasteiger partial charge >= 0.3 is 5.97 Å². The van der Waals surface area contributed by atoms with Gasteiger partial charge in [-0.3, -0.25) is 9.36 Å². The van der Waals surface area contributed by atoms with Gasteiger partial charge in [0, 0.05) is 28.0 Å². The zero-order valence-electron chi connectivity index (χ0n) is 13.5. The minimum atomic E-state index is -0.475. The Morgan fingerprint density at radius 1 is 1.04 bits per heavy atom. The van der Waals surface area contributed by atoms with Crippen LogP contribution in [0.25, 0.3) is 10.9 Å². The highest BCUT2D eigenvalue weighted by Gasteiger charge is 2.19. The summed E-state index contributed by atoms with van der Waals surface area (Å²) in [6, 6.07) is 12.5. The molecule has 0 fully saturated rings. The topological polar surface area (TPSA) is 48.3 Å². The second kappa shape index (κ2) is 7.30. The van der Waals surface area contributed by atoms with Gasteiger partial charge in [-0.05, 0) is 30.2 Å². The van der Waals surface area contributed by atoms with Crippen LogP contribution in [-0.2, 0) is 11.2 Å². The van der Waals surface area contributed by atoms with Crippen LogP contribution < -0.4 is 0 Å². The number of nitrogens with zero attached hydrogens (tertiary/aromatic N) is 1. The molecule has 4 nitrogen and oxygen atoms in total. The fourth-order valence-electron chi connectivity index (χ4n) is 2.78. The van der Waals surface area contributed by atoms with Crippen molar-refractivity contribution >= 4 is 46.0 Å². The molecule has 0 spiro atoms. The zero-order chi connectivity index (χ0) is 18.0. The first kappa shape index (κ1) is 17.5. The zero-order valence-corrected chi connectivity index (χ0v) is 15.0. The molecule has 3 rings (SSSR count). The summed E-state index contributed by atoms with van der Waals surface area (Å²) in [5.74, 6) is -0.626. The van der Waals surface area contributed by atoms with Crippen LogP contribution in [0.5, 0.6) is 0 Å². The molecule has 0 radical (unpaired) electrons. The van der Waals surface area contributed by atoms with Crippen molar-refractivity contribution in [1.82, 2.24) is 4.57 Å². The molecular weight excluding hydrogens is 361 g/mol. The molecule has 0 aliphatic carbocycles. The Hall–Kier alpha value is -2.30. The lowest BCUT2D eigenvalue weighted by molar-refractivity contribution is 0.0603. The van der Waals surface area contributed by atoms with Crippen molar-refractivity contribution in [1.29, 1.82) is 0 Å². The van der Waals surface area contributed by atoms with Crippen molar-refractivity contribution in [2.45, 2.75) is 12.8 Å². The van der Waals surface area contributed by atoms with E-state index in [1.807, 2.05) is 12.1 Å². The third-order valence-corrected chi connectivity index (χ3v) is 4.74. The third kappa shape index (κ3) is 3.41. The SMILES string of the molecule is COC(=O)c1cn(C(=O)CCc2c(Cl)cccc2Cl)c2ccccc12. The van der Waals surface area contributed by atoms with Crippen molar-refractivity contribution in [3.63, 3.8) is 0 Å². The monoisotopic (exact) mass is 375 g/mol. The lowest BCUT2D eigenvalue weighted by Gasteiger charge is -2.07. The summed E-state index contributed by atoms with van der Waals surface area (Å²) in [4.78, 5) is 24.7. The normalized spacial score (nSPS) is 10.8. The molecule has 6 heteroatoms. The Bertz CT molecular complexity index is 942. The Labute approximate surface area is 154 Å². The molecule has 0 amide bonds. The van der Waals surface area contributed by atoms with Gasteiger partial charge in [0.25, 0.3) is 0 Å². The van der Waals surface area contributed by atoms with Gasteiger partial charge in [0.05, 0.1) is 18.2 Å². The number of rotatable bonds is 4. The fourth-order valence-corrected chi connectivity index (χ4v) is 3.37. The summed E-state index contributed by atoms with van der Waals surface area (Å²) >= 11 is 12.3. The van der Waals surface area contributed by atoms with Gasteiger partial charge in [0.2, 0.25) is 5.91 Å². The van der Waals surface area contributed by atoms with E-state index in [-0.39, 0.29) is 12.3 Å².